The van der Waals surface area contributed by atoms with E-state index in [-0.39, 0.29) is 31.4 Å². The number of amides is 3. The number of carboxylic acids is 2. The molecule has 0 aliphatic heterocycles. The number of hydrogen-bond acceptors (Lipinski definition) is 9. The summed E-state index contributed by atoms with van der Waals surface area (Å²) in [6.07, 6.45) is 3.40. The highest BCUT2D eigenvalue weighted by atomic mass is 32.2. The first kappa shape index (κ1) is 33.1. The number of hydrogen-bond donors (Lipinski definition) is 7. The minimum atomic E-state index is -1.32. The van der Waals surface area contributed by atoms with Gasteiger partial charge in [0.15, 0.2) is 0 Å². The first-order valence-corrected chi connectivity index (χ1v) is 14.6. The van der Waals surface area contributed by atoms with E-state index in [1.807, 2.05) is 6.26 Å². The molecule has 12 nitrogen and oxygen atoms in total. The number of carboxylic acid groups (broad SMARTS) is 2. The molecule has 212 valence electrons. The lowest BCUT2D eigenvalue weighted by atomic mass is 10.0. The van der Waals surface area contributed by atoms with Gasteiger partial charge in [-0.1, -0.05) is 12.1 Å². The van der Waals surface area contributed by atoms with Crippen LogP contribution >= 0.6 is 23.5 Å². The Morgan fingerprint density at radius 3 is 1.76 bits per heavy atom. The smallest absolute Gasteiger partial charge is 0.326 e. The molecular formula is C24H36N4O8S2. The number of phenols is 1. The number of nitrogens with two attached hydrogens (primary N) is 1. The SMILES string of the molecule is CSCCC(NC(=O)C(CCC(=O)O)NC(=O)C(CCSC)NC(=O)C(N)Cc1ccc(O)cc1)C(=O)O. The van der Waals surface area contributed by atoms with Crippen LogP contribution in [0.3, 0.4) is 0 Å². The van der Waals surface area contributed by atoms with E-state index in [0.29, 0.717) is 17.1 Å². The molecule has 0 saturated carbocycles. The minimum Gasteiger partial charge on any atom is -0.508 e. The van der Waals surface area contributed by atoms with Crippen molar-refractivity contribution in [2.24, 2.45) is 5.73 Å². The summed E-state index contributed by atoms with van der Waals surface area (Å²) in [6, 6.07) is 1.58. The highest BCUT2D eigenvalue weighted by Gasteiger charge is 2.30. The standard InChI is InChI=1S/C24H36N4O8S2/c1-37-11-9-18(26-21(32)16(25)13-14-3-5-15(29)6-4-14)23(34)27-17(7-8-20(30)31)22(33)28-19(24(35)36)10-12-38-2/h3-6,16-19,29H,7-13,25H2,1-2H3,(H,26,32)(H,27,34)(H,28,33)(H,30,31)(H,35,36). The van der Waals surface area contributed by atoms with Crippen molar-refractivity contribution >= 4 is 53.2 Å². The third-order valence-corrected chi connectivity index (χ3v) is 6.77. The molecule has 8 N–H and O–H groups in total. The van der Waals surface area contributed by atoms with Gasteiger partial charge in [0.25, 0.3) is 0 Å². The summed E-state index contributed by atoms with van der Waals surface area (Å²) in [5.41, 5.74) is 6.72. The van der Waals surface area contributed by atoms with Crippen molar-refractivity contribution in [3.05, 3.63) is 29.8 Å². The van der Waals surface area contributed by atoms with Crippen LogP contribution in [0.4, 0.5) is 0 Å². The number of carbonyl (C=O) groups excluding carboxylic acids is 3. The molecule has 0 saturated heterocycles. The van der Waals surface area contributed by atoms with Crippen LogP contribution in [0.25, 0.3) is 0 Å². The first-order valence-electron chi connectivity index (χ1n) is 11.9. The average molecular weight is 573 g/mol. The zero-order valence-electron chi connectivity index (χ0n) is 21.3. The molecule has 0 spiro atoms. The van der Waals surface area contributed by atoms with Crippen LogP contribution < -0.4 is 21.7 Å². The second-order valence-electron chi connectivity index (χ2n) is 8.49. The quantitative estimate of drug-likeness (QED) is 0.126. The van der Waals surface area contributed by atoms with E-state index in [9.17, 15) is 34.2 Å². The number of aromatic hydroxyl groups is 1. The molecule has 0 aliphatic rings. The number of nitrogens with one attached hydrogen (secondary N) is 3. The van der Waals surface area contributed by atoms with Crippen molar-refractivity contribution < 1.29 is 39.3 Å². The topological polar surface area (TPSA) is 208 Å². The summed E-state index contributed by atoms with van der Waals surface area (Å²) in [5.74, 6) is -3.55. The van der Waals surface area contributed by atoms with Crippen LogP contribution in [0.5, 0.6) is 5.75 Å². The van der Waals surface area contributed by atoms with E-state index in [1.54, 1.807) is 18.4 Å². The van der Waals surface area contributed by atoms with Crippen LogP contribution in [0.2, 0.25) is 0 Å². The van der Waals surface area contributed by atoms with Gasteiger partial charge < -0.3 is 37.0 Å². The fourth-order valence-electron chi connectivity index (χ4n) is 3.34. The fraction of sp³-hybridized carbons (Fsp3) is 0.542. The van der Waals surface area contributed by atoms with E-state index in [4.69, 9.17) is 10.8 Å². The average Bonchev–Trinajstić information content (AvgIpc) is 2.87. The summed E-state index contributed by atoms with van der Waals surface area (Å²) in [4.78, 5) is 61.4. The number of phenolic OH excluding ortho intramolecular Hbond substituents is 1. The maximum atomic E-state index is 13.1. The molecule has 38 heavy (non-hydrogen) atoms. The Balaban J connectivity index is 2.96. The van der Waals surface area contributed by atoms with Gasteiger partial charge in [0.05, 0.1) is 6.04 Å². The molecule has 4 atom stereocenters. The summed E-state index contributed by atoms with van der Waals surface area (Å²) >= 11 is 2.84. The number of carbonyl (C=O) groups is 5. The summed E-state index contributed by atoms with van der Waals surface area (Å²) < 4.78 is 0. The Hall–Kier alpha value is -2.97. The largest absolute Gasteiger partial charge is 0.508 e. The normalized spacial score (nSPS) is 14.0. The maximum absolute atomic E-state index is 13.1. The Morgan fingerprint density at radius 2 is 1.26 bits per heavy atom. The lowest BCUT2D eigenvalue weighted by Crippen LogP contribution is -2.57. The van der Waals surface area contributed by atoms with Gasteiger partial charge in [0, 0.05) is 6.42 Å². The molecular weight excluding hydrogens is 536 g/mol. The van der Waals surface area contributed by atoms with Gasteiger partial charge in [-0.25, -0.2) is 4.79 Å². The molecule has 4 unspecified atom stereocenters. The Labute approximate surface area is 229 Å². The molecule has 3 amide bonds. The summed E-state index contributed by atoms with van der Waals surface area (Å²) in [5, 5.41) is 35.3. The fourth-order valence-corrected chi connectivity index (χ4v) is 4.28. The zero-order chi connectivity index (χ0) is 28.7. The molecule has 0 aromatic heterocycles. The van der Waals surface area contributed by atoms with Gasteiger partial charge in [0.1, 0.15) is 23.9 Å². The number of rotatable bonds is 18. The third kappa shape index (κ3) is 12.5. The monoisotopic (exact) mass is 572 g/mol. The van der Waals surface area contributed by atoms with Crippen molar-refractivity contribution in [2.75, 3.05) is 24.0 Å². The van der Waals surface area contributed by atoms with Crippen LogP contribution in [0.1, 0.15) is 31.2 Å². The van der Waals surface area contributed by atoms with Crippen LogP contribution in [-0.2, 0) is 30.4 Å². The molecule has 0 heterocycles. The second kappa shape index (κ2) is 17.5. The second-order valence-corrected chi connectivity index (χ2v) is 10.5. The van der Waals surface area contributed by atoms with Crippen molar-refractivity contribution in [1.29, 1.82) is 0 Å². The lowest BCUT2D eigenvalue weighted by molar-refractivity contribution is -0.143. The molecule has 0 fully saturated rings. The molecule has 0 aliphatic carbocycles. The Bertz CT molecular complexity index is 948. The van der Waals surface area contributed by atoms with E-state index >= 15 is 0 Å². The molecule has 0 bridgehead atoms. The van der Waals surface area contributed by atoms with Gasteiger partial charge in [-0.15, -0.1) is 0 Å². The van der Waals surface area contributed by atoms with Gasteiger partial charge in [-0.05, 0) is 67.4 Å². The number of thioether (sulfide) groups is 2. The maximum Gasteiger partial charge on any atom is 0.326 e. The predicted molar refractivity (Wildman–Crippen MR) is 146 cm³/mol. The minimum absolute atomic E-state index is 0.0704. The first-order chi connectivity index (χ1) is 18.0. The molecule has 1 aromatic carbocycles. The third-order valence-electron chi connectivity index (χ3n) is 5.48. The zero-order valence-corrected chi connectivity index (χ0v) is 23.0. The van der Waals surface area contributed by atoms with Gasteiger partial charge in [-0.2, -0.15) is 23.5 Å². The van der Waals surface area contributed by atoms with E-state index < -0.39 is 60.2 Å². The molecule has 1 aromatic rings. The van der Waals surface area contributed by atoms with Crippen LogP contribution in [-0.4, -0.2) is 93.2 Å². The summed E-state index contributed by atoms with van der Waals surface area (Å²) in [7, 11) is 0. The Kier molecular flexibility index (Phi) is 15.2. The van der Waals surface area contributed by atoms with E-state index in [1.165, 1.54) is 35.7 Å². The van der Waals surface area contributed by atoms with Crippen molar-refractivity contribution in [3.63, 3.8) is 0 Å². The van der Waals surface area contributed by atoms with E-state index in [0.717, 1.165) is 0 Å². The summed E-state index contributed by atoms with van der Waals surface area (Å²) in [6.45, 7) is 0. The van der Waals surface area contributed by atoms with Crippen molar-refractivity contribution in [1.82, 2.24) is 16.0 Å². The number of benzene rings is 1. The van der Waals surface area contributed by atoms with Crippen LogP contribution in [0, 0.1) is 0 Å². The van der Waals surface area contributed by atoms with Crippen molar-refractivity contribution in [3.8, 4) is 5.75 Å². The van der Waals surface area contributed by atoms with Crippen molar-refractivity contribution in [2.45, 2.75) is 56.3 Å². The highest BCUT2D eigenvalue weighted by molar-refractivity contribution is 7.98. The van der Waals surface area contributed by atoms with Gasteiger partial charge in [0.2, 0.25) is 17.7 Å². The van der Waals surface area contributed by atoms with E-state index in [2.05, 4.69) is 16.0 Å². The molecule has 1 rings (SSSR count). The van der Waals surface area contributed by atoms with Gasteiger partial charge >= 0.3 is 11.9 Å². The lowest BCUT2D eigenvalue weighted by Gasteiger charge is -2.25. The van der Waals surface area contributed by atoms with Gasteiger partial charge in [-0.3, -0.25) is 19.2 Å². The highest BCUT2D eigenvalue weighted by Crippen LogP contribution is 2.11. The van der Waals surface area contributed by atoms with Crippen LogP contribution in [0.15, 0.2) is 24.3 Å². The number of aliphatic carboxylic acids is 2. The molecule has 0 radical (unpaired) electrons. The Morgan fingerprint density at radius 1 is 0.789 bits per heavy atom. The molecule has 14 heteroatoms. The predicted octanol–water partition coefficient (Wildman–Crippen LogP) is 0.172.